The normalized spacial score (nSPS) is 32.2. The standard InChI is InChI=1S/C15H19NO2/c17-14-9-10-15(18,12-6-2-1-3-7-12)13-8-4-5-11-16(13)14/h1-3,6-7,13,18H,4-5,8-11H2/t13-,15-/m1/s1. The van der Waals surface area contributed by atoms with E-state index in [0.717, 1.165) is 31.4 Å². The number of rotatable bonds is 1. The fourth-order valence-corrected chi connectivity index (χ4v) is 3.40. The highest BCUT2D eigenvalue weighted by molar-refractivity contribution is 5.78. The van der Waals surface area contributed by atoms with Crippen molar-refractivity contribution in [2.24, 2.45) is 0 Å². The third-order valence-electron chi connectivity index (χ3n) is 4.37. The van der Waals surface area contributed by atoms with Gasteiger partial charge in [0.15, 0.2) is 0 Å². The second-order valence-electron chi connectivity index (χ2n) is 5.39. The lowest BCUT2D eigenvalue weighted by Crippen LogP contribution is -2.58. The zero-order valence-electron chi connectivity index (χ0n) is 10.5. The van der Waals surface area contributed by atoms with E-state index in [1.165, 1.54) is 0 Å². The summed E-state index contributed by atoms with van der Waals surface area (Å²) < 4.78 is 0. The SMILES string of the molecule is O=C1CC[C@@](O)(c2ccccc2)[C@H]2CCCCN12. The van der Waals surface area contributed by atoms with Crippen molar-refractivity contribution in [2.75, 3.05) is 6.54 Å². The highest BCUT2D eigenvalue weighted by Crippen LogP contribution is 2.41. The first-order valence-electron chi connectivity index (χ1n) is 6.79. The van der Waals surface area contributed by atoms with Crippen LogP contribution in [0.25, 0.3) is 0 Å². The van der Waals surface area contributed by atoms with E-state index in [2.05, 4.69) is 0 Å². The third kappa shape index (κ3) is 1.74. The van der Waals surface area contributed by atoms with Crippen LogP contribution in [-0.2, 0) is 10.4 Å². The molecular weight excluding hydrogens is 226 g/mol. The van der Waals surface area contributed by atoms with Crippen molar-refractivity contribution in [3.8, 4) is 0 Å². The van der Waals surface area contributed by atoms with Gasteiger partial charge in [-0.15, -0.1) is 0 Å². The predicted octanol–water partition coefficient (Wildman–Crippen LogP) is 2.05. The minimum atomic E-state index is -0.852. The molecular formula is C15H19NO2. The largest absolute Gasteiger partial charge is 0.383 e. The van der Waals surface area contributed by atoms with Crippen molar-refractivity contribution in [2.45, 2.75) is 43.7 Å². The number of carbonyl (C=O) groups is 1. The molecule has 2 heterocycles. The Balaban J connectivity index is 1.98. The summed E-state index contributed by atoms with van der Waals surface area (Å²) >= 11 is 0. The van der Waals surface area contributed by atoms with Crippen LogP contribution in [0.15, 0.2) is 30.3 Å². The number of amides is 1. The topological polar surface area (TPSA) is 40.5 Å². The van der Waals surface area contributed by atoms with Gasteiger partial charge in [-0.25, -0.2) is 0 Å². The molecule has 1 aromatic carbocycles. The van der Waals surface area contributed by atoms with Crippen LogP contribution in [0.3, 0.4) is 0 Å². The van der Waals surface area contributed by atoms with E-state index in [-0.39, 0.29) is 11.9 Å². The lowest BCUT2D eigenvalue weighted by atomic mass is 9.75. The summed E-state index contributed by atoms with van der Waals surface area (Å²) in [5, 5.41) is 11.1. The van der Waals surface area contributed by atoms with Crippen molar-refractivity contribution in [1.82, 2.24) is 4.90 Å². The minimum absolute atomic E-state index is 0.0325. The molecule has 2 fully saturated rings. The van der Waals surface area contributed by atoms with Gasteiger partial charge in [-0.3, -0.25) is 4.79 Å². The van der Waals surface area contributed by atoms with Crippen molar-refractivity contribution in [1.29, 1.82) is 0 Å². The van der Waals surface area contributed by atoms with Gasteiger partial charge in [0.25, 0.3) is 0 Å². The van der Waals surface area contributed by atoms with Gasteiger partial charge in [0.05, 0.1) is 6.04 Å². The summed E-state index contributed by atoms with van der Waals surface area (Å²) in [6.07, 6.45) is 4.09. The van der Waals surface area contributed by atoms with Gasteiger partial charge in [-0.1, -0.05) is 30.3 Å². The molecule has 0 aliphatic carbocycles. The molecule has 0 unspecified atom stereocenters. The molecule has 0 aromatic heterocycles. The Kier molecular flexibility index (Phi) is 2.86. The number of benzene rings is 1. The average Bonchev–Trinajstić information content (AvgIpc) is 2.44. The Labute approximate surface area is 107 Å². The molecule has 0 bridgehead atoms. The van der Waals surface area contributed by atoms with Crippen LogP contribution in [0.5, 0.6) is 0 Å². The maximum atomic E-state index is 12.0. The number of fused-ring (bicyclic) bond motifs is 1. The molecule has 3 nitrogen and oxygen atoms in total. The third-order valence-corrected chi connectivity index (χ3v) is 4.37. The molecule has 3 rings (SSSR count). The van der Waals surface area contributed by atoms with Crippen LogP contribution in [0.4, 0.5) is 0 Å². The Bertz CT molecular complexity index is 445. The van der Waals surface area contributed by atoms with E-state index in [1.807, 2.05) is 35.2 Å². The second-order valence-corrected chi connectivity index (χ2v) is 5.39. The average molecular weight is 245 g/mol. The van der Waals surface area contributed by atoms with E-state index in [9.17, 15) is 9.90 Å². The fourth-order valence-electron chi connectivity index (χ4n) is 3.40. The number of hydrogen-bond donors (Lipinski definition) is 1. The lowest BCUT2D eigenvalue weighted by Gasteiger charge is -2.49. The molecule has 0 radical (unpaired) electrons. The van der Waals surface area contributed by atoms with Gasteiger partial charge >= 0.3 is 0 Å². The first-order chi connectivity index (χ1) is 8.72. The summed E-state index contributed by atoms with van der Waals surface area (Å²) in [6.45, 7) is 0.804. The van der Waals surface area contributed by atoms with E-state index >= 15 is 0 Å². The van der Waals surface area contributed by atoms with Crippen LogP contribution in [0.2, 0.25) is 0 Å². The Morgan fingerprint density at radius 2 is 2.00 bits per heavy atom. The van der Waals surface area contributed by atoms with Crippen LogP contribution in [0, 0.1) is 0 Å². The van der Waals surface area contributed by atoms with Crippen molar-refractivity contribution >= 4 is 5.91 Å². The monoisotopic (exact) mass is 245 g/mol. The quantitative estimate of drug-likeness (QED) is 0.822. The molecule has 18 heavy (non-hydrogen) atoms. The van der Waals surface area contributed by atoms with E-state index in [1.54, 1.807) is 0 Å². The number of nitrogens with zero attached hydrogens (tertiary/aromatic N) is 1. The summed E-state index contributed by atoms with van der Waals surface area (Å²) in [4.78, 5) is 13.9. The maximum absolute atomic E-state index is 12.0. The molecule has 2 saturated heterocycles. The molecule has 3 heteroatoms. The first kappa shape index (κ1) is 11.7. The predicted molar refractivity (Wildman–Crippen MR) is 68.9 cm³/mol. The van der Waals surface area contributed by atoms with Crippen LogP contribution in [0.1, 0.15) is 37.7 Å². The van der Waals surface area contributed by atoms with Gasteiger partial charge < -0.3 is 10.0 Å². The Morgan fingerprint density at radius 3 is 2.78 bits per heavy atom. The van der Waals surface area contributed by atoms with Gasteiger partial charge in [0.1, 0.15) is 5.60 Å². The molecule has 1 N–H and O–H groups in total. The van der Waals surface area contributed by atoms with E-state index < -0.39 is 5.60 Å². The number of aliphatic hydroxyl groups is 1. The smallest absolute Gasteiger partial charge is 0.223 e. The number of carbonyl (C=O) groups excluding carboxylic acids is 1. The molecule has 2 aliphatic heterocycles. The molecule has 0 saturated carbocycles. The zero-order chi connectivity index (χ0) is 12.6. The molecule has 2 atom stereocenters. The van der Waals surface area contributed by atoms with Crippen molar-refractivity contribution in [3.05, 3.63) is 35.9 Å². The molecule has 1 amide bonds. The molecule has 96 valence electrons. The van der Waals surface area contributed by atoms with Gasteiger partial charge in [-0.05, 0) is 31.2 Å². The summed E-state index contributed by atoms with van der Waals surface area (Å²) in [5.41, 5.74) is 0.102. The minimum Gasteiger partial charge on any atom is -0.383 e. The van der Waals surface area contributed by atoms with Crippen molar-refractivity contribution in [3.63, 3.8) is 0 Å². The first-order valence-corrected chi connectivity index (χ1v) is 6.79. The van der Waals surface area contributed by atoms with E-state index in [4.69, 9.17) is 0 Å². The fraction of sp³-hybridized carbons (Fsp3) is 0.533. The molecule has 0 spiro atoms. The van der Waals surface area contributed by atoms with Gasteiger partial charge in [0, 0.05) is 13.0 Å². The van der Waals surface area contributed by atoms with Gasteiger partial charge in [0.2, 0.25) is 5.91 Å². The van der Waals surface area contributed by atoms with Crippen LogP contribution < -0.4 is 0 Å². The van der Waals surface area contributed by atoms with Crippen LogP contribution >= 0.6 is 0 Å². The maximum Gasteiger partial charge on any atom is 0.223 e. The zero-order valence-corrected chi connectivity index (χ0v) is 10.5. The van der Waals surface area contributed by atoms with Gasteiger partial charge in [-0.2, -0.15) is 0 Å². The summed E-state index contributed by atoms with van der Waals surface area (Å²) in [7, 11) is 0. The number of piperidine rings is 2. The Hall–Kier alpha value is -1.35. The molecule has 1 aromatic rings. The summed E-state index contributed by atoms with van der Waals surface area (Å²) in [5.74, 6) is 0.209. The highest BCUT2D eigenvalue weighted by atomic mass is 16.3. The van der Waals surface area contributed by atoms with E-state index in [0.29, 0.717) is 12.8 Å². The van der Waals surface area contributed by atoms with Crippen molar-refractivity contribution < 1.29 is 9.90 Å². The second kappa shape index (κ2) is 4.39. The number of hydrogen-bond acceptors (Lipinski definition) is 2. The summed E-state index contributed by atoms with van der Waals surface area (Å²) in [6, 6.07) is 9.79. The Morgan fingerprint density at radius 1 is 1.22 bits per heavy atom. The highest BCUT2D eigenvalue weighted by Gasteiger charge is 2.47. The van der Waals surface area contributed by atoms with Crippen LogP contribution in [-0.4, -0.2) is 28.5 Å². The lowest BCUT2D eigenvalue weighted by molar-refractivity contribution is -0.157. The molecule has 2 aliphatic rings.